The van der Waals surface area contributed by atoms with E-state index in [0.717, 1.165) is 31.0 Å². The van der Waals surface area contributed by atoms with Crippen LogP contribution in [0.1, 0.15) is 11.1 Å². The largest absolute Gasteiger partial charge is 0.486 e. The third-order valence-corrected chi connectivity index (χ3v) is 4.70. The fraction of sp³-hybridized carbons (Fsp3) is 0.333. The molecule has 5 heteroatoms. The van der Waals surface area contributed by atoms with E-state index in [1.807, 2.05) is 6.07 Å². The van der Waals surface area contributed by atoms with Crippen LogP contribution >= 0.6 is 27.3 Å². The molecule has 0 fully saturated rings. The molecule has 1 aromatic carbocycles. The van der Waals surface area contributed by atoms with E-state index < -0.39 is 0 Å². The van der Waals surface area contributed by atoms with Crippen molar-refractivity contribution in [2.45, 2.75) is 13.0 Å². The zero-order chi connectivity index (χ0) is 13.8. The molecule has 0 aliphatic carbocycles. The van der Waals surface area contributed by atoms with Crippen molar-refractivity contribution in [3.8, 4) is 11.5 Å². The van der Waals surface area contributed by atoms with Crippen molar-refractivity contribution in [3.05, 3.63) is 44.6 Å². The molecule has 106 valence electrons. The van der Waals surface area contributed by atoms with Gasteiger partial charge in [0, 0.05) is 6.54 Å². The number of rotatable bonds is 5. The second kappa shape index (κ2) is 6.61. The topological polar surface area (TPSA) is 30.5 Å². The number of nitrogens with one attached hydrogen (secondary N) is 1. The molecule has 0 bridgehead atoms. The molecule has 0 saturated carbocycles. The molecule has 2 aromatic rings. The highest BCUT2D eigenvalue weighted by molar-refractivity contribution is 9.11. The highest BCUT2D eigenvalue weighted by Crippen LogP contribution is 2.30. The summed E-state index contributed by atoms with van der Waals surface area (Å²) in [5.41, 5.74) is 2.59. The number of thiophene rings is 1. The Hall–Kier alpha value is -1.04. The Balaban J connectivity index is 1.48. The van der Waals surface area contributed by atoms with Gasteiger partial charge in [0.25, 0.3) is 0 Å². The third-order valence-electron chi connectivity index (χ3n) is 3.15. The zero-order valence-electron chi connectivity index (χ0n) is 11.0. The van der Waals surface area contributed by atoms with Crippen LogP contribution in [0.15, 0.2) is 33.4 Å². The molecular weight excluding hydrogens is 338 g/mol. The monoisotopic (exact) mass is 353 g/mol. The van der Waals surface area contributed by atoms with E-state index in [-0.39, 0.29) is 0 Å². The van der Waals surface area contributed by atoms with Crippen LogP contribution in [0.2, 0.25) is 0 Å². The molecule has 1 aliphatic heterocycles. The van der Waals surface area contributed by atoms with E-state index in [9.17, 15) is 0 Å². The highest BCUT2D eigenvalue weighted by Gasteiger charge is 2.11. The molecule has 1 aromatic heterocycles. The highest BCUT2D eigenvalue weighted by atomic mass is 79.9. The van der Waals surface area contributed by atoms with Gasteiger partial charge in [0.1, 0.15) is 13.2 Å². The fourth-order valence-corrected chi connectivity index (χ4v) is 3.36. The lowest BCUT2D eigenvalue weighted by molar-refractivity contribution is 0.171. The Labute approximate surface area is 131 Å². The van der Waals surface area contributed by atoms with Crippen LogP contribution < -0.4 is 14.8 Å². The van der Waals surface area contributed by atoms with Crippen LogP contribution in [-0.2, 0) is 13.0 Å². The lowest BCUT2D eigenvalue weighted by Gasteiger charge is -2.18. The van der Waals surface area contributed by atoms with Gasteiger partial charge in [-0.25, -0.2) is 0 Å². The molecule has 3 rings (SSSR count). The van der Waals surface area contributed by atoms with Gasteiger partial charge in [-0.2, -0.15) is 0 Å². The van der Waals surface area contributed by atoms with Crippen LogP contribution in [0, 0.1) is 0 Å². The van der Waals surface area contributed by atoms with Gasteiger partial charge in [-0.1, -0.05) is 6.07 Å². The summed E-state index contributed by atoms with van der Waals surface area (Å²) < 4.78 is 12.3. The third kappa shape index (κ3) is 3.53. The Bertz CT molecular complexity index is 585. The van der Waals surface area contributed by atoms with Crippen LogP contribution in [0.5, 0.6) is 11.5 Å². The van der Waals surface area contributed by atoms with Crippen molar-refractivity contribution >= 4 is 27.3 Å². The van der Waals surface area contributed by atoms with Crippen molar-refractivity contribution < 1.29 is 9.47 Å². The SMILES string of the molecule is Brc1cc(CNCCc2ccc3c(c2)OCCO3)cs1. The smallest absolute Gasteiger partial charge is 0.161 e. The average molecular weight is 354 g/mol. The van der Waals surface area contributed by atoms with Crippen molar-refractivity contribution in [3.63, 3.8) is 0 Å². The molecule has 1 N–H and O–H groups in total. The first-order chi connectivity index (χ1) is 9.81. The van der Waals surface area contributed by atoms with Crippen LogP contribution in [0.4, 0.5) is 0 Å². The minimum Gasteiger partial charge on any atom is -0.486 e. The summed E-state index contributed by atoms with van der Waals surface area (Å²) in [7, 11) is 0. The number of benzene rings is 1. The number of hydrogen-bond acceptors (Lipinski definition) is 4. The molecule has 20 heavy (non-hydrogen) atoms. The van der Waals surface area contributed by atoms with E-state index in [2.05, 4.69) is 44.8 Å². The van der Waals surface area contributed by atoms with E-state index in [1.54, 1.807) is 11.3 Å². The molecule has 0 unspecified atom stereocenters. The molecule has 3 nitrogen and oxygen atoms in total. The number of halogens is 1. The first-order valence-corrected chi connectivity index (χ1v) is 8.31. The molecule has 0 spiro atoms. The van der Waals surface area contributed by atoms with Gasteiger partial charge in [0.15, 0.2) is 11.5 Å². The minimum absolute atomic E-state index is 0.641. The van der Waals surface area contributed by atoms with E-state index >= 15 is 0 Å². The Morgan fingerprint density at radius 1 is 1.10 bits per heavy atom. The maximum atomic E-state index is 5.59. The van der Waals surface area contributed by atoms with E-state index in [0.29, 0.717) is 13.2 Å². The molecule has 1 aliphatic rings. The van der Waals surface area contributed by atoms with Crippen LogP contribution in [0.25, 0.3) is 0 Å². The Kier molecular flexibility index (Phi) is 4.60. The average Bonchev–Trinajstić information content (AvgIpc) is 2.89. The predicted molar refractivity (Wildman–Crippen MR) is 84.9 cm³/mol. The summed E-state index contributed by atoms with van der Waals surface area (Å²) in [6, 6.07) is 8.34. The summed E-state index contributed by atoms with van der Waals surface area (Å²) in [6.07, 6.45) is 0.988. The second-order valence-electron chi connectivity index (χ2n) is 4.66. The number of fused-ring (bicyclic) bond motifs is 1. The molecule has 0 saturated heterocycles. The Morgan fingerprint density at radius 3 is 2.75 bits per heavy atom. The summed E-state index contributed by atoms with van der Waals surface area (Å²) >= 11 is 5.20. The number of ether oxygens (including phenoxy) is 2. The predicted octanol–water partition coefficient (Wildman–Crippen LogP) is 3.61. The quantitative estimate of drug-likeness (QED) is 0.832. The maximum Gasteiger partial charge on any atom is 0.161 e. The van der Waals surface area contributed by atoms with Gasteiger partial charge in [0.05, 0.1) is 3.79 Å². The van der Waals surface area contributed by atoms with Gasteiger partial charge in [0.2, 0.25) is 0 Å². The molecule has 0 radical (unpaired) electrons. The summed E-state index contributed by atoms with van der Waals surface area (Å²) in [5, 5.41) is 5.63. The van der Waals surface area contributed by atoms with E-state index in [1.165, 1.54) is 14.9 Å². The molecule has 0 amide bonds. The van der Waals surface area contributed by atoms with E-state index in [4.69, 9.17) is 9.47 Å². The van der Waals surface area contributed by atoms with Crippen LogP contribution in [-0.4, -0.2) is 19.8 Å². The fourth-order valence-electron chi connectivity index (χ4n) is 2.15. The summed E-state index contributed by atoms with van der Waals surface area (Å²) in [6.45, 7) is 3.14. The maximum absolute atomic E-state index is 5.59. The number of hydrogen-bond donors (Lipinski definition) is 1. The first-order valence-electron chi connectivity index (χ1n) is 6.63. The Morgan fingerprint density at radius 2 is 1.95 bits per heavy atom. The van der Waals surface area contributed by atoms with Gasteiger partial charge in [-0.05, 0) is 63.6 Å². The van der Waals surface area contributed by atoms with Crippen LogP contribution in [0.3, 0.4) is 0 Å². The van der Waals surface area contributed by atoms with Crippen molar-refractivity contribution in [1.82, 2.24) is 5.32 Å². The minimum atomic E-state index is 0.641. The van der Waals surface area contributed by atoms with Crippen molar-refractivity contribution in [1.29, 1.82) is 0 Å². The van der Waals surface area contributed by atoms with Gasteiger partial charge in [-0.15, -0.1) is 11.3 Å². The van der Waals surface area contributed by atoms with Crippen molar-refractivity contribution in [2.75, 3.05) is 19.8 Å². The normalized spacial score (nSPS) is 13.4. The molecule has 2 heterocycles. The summed E-state index contributed by atoms with van der Waals surface area (Å²) in [5.74, 6) is 1.73. The molecular formula is C15H16BrNO2S. The molecule has 0 atom stereocenters. The second-order valence-corrected chi connectivity index (χ2v) is 6.95. The first kappa shape index (κ1) is 13.9. The lowest BCUT2D eigenvalue weighted by atomic mass is 10.1. The van der Waals surface area contributed by atoms with Gasteiger partial charge < -0.3 is 14.8 Å². The van der Waals surface area contributed by atoms with Gasteiger partial charge in [-0.3, -0.25) is 0 Å². The van der Waals surface area contributed by atoms with Crippen molar-refractivity contribution in [2.24, 2.45) is 0 Å². The summed E-state index contributed by atoms with van der Waals surface area (Å²) in [4.78, 5) is 0. The zero-order valence-corrected chi connectivity index (χ0v) is 13.4. The standard InChI is InChI=1S/C15H16BrNO2S/c16-15-8-12(10-20-15)9-17-4-3-11-1-2-13-14(7-11)19-6-5-18-13/h1-2,7-8,10,17H,3-6,9H2. The van der Waals surface area contributed by atoms with Gasteiger partial charge >= 0.3 is 0 Å². The lowest BCUT2D eigenvalue weighted by Crippen LogP contribution is -2.17.